The molecule has 2 aromatic rings. The molecule has 0 aliphatic heterocycles. The van der Waals surface area contributed by atoms with Gasteiger partial charge in [0.25, 0.3) is 5.91 Å². The molecule has 5 nitrogen and oxygen atoms in total. The standard InChI is InChI=1S/C18H22N2O3/c1-5-15-16(12(4)21)11(3)19-17(15)18(22)20-13-7-9-14(10-8-13)23-6-2/h7-10,19H,5-6H2,1-4H3,(H,20,22). The van der Waals surface area contributed by atoms with Gasteiger partial charge in [-0.15, -0.1) is 0 Å². The van der Waals surface area contributed by atoms with Gasteiger partial charge in [-0.1, -0.05) is 6.92 Å². The second-order valence-corrected chi connectivity index (χ2v) is 5.30. The number of ether oxygens (including phenoxy) is 1. The first-order valence-electron chi connectivity index (χ1n) is 7.74. The predicted octanol–water partition coefficient (Wildman–Crippen LogP) is 3.74. The third-order valence-corrected chi connectivity index (χ3v) is 3.65. The molecule has 2 N–H and O–H groups in total. The number of Topliss-reactive ketones (excluding diaryl/α,β-unsaturated/α-hetero) is 1. The summed E-state index contributed by atoms with van der Waals surface area (Å²) in [6.45, 7) is 7.78. The van der Waals surface area contributed by atoms with Gasteiger partial charge in [-0.3, -0.25) is 9.59 Å². The first-order valence-corrected chi connectivity index (χ1v) is 7.74. The molecule has 5 heteroatoms. The lowest BCUT2D eigenvalue weighted by Gasteiger charge is -2.08. The van der Waals surface area contributed by atoms with Crippen LogP contribution in [0.2, 0.25) is 0 Å². The van der Waals surface area contributed by atoms with Crippen LogP contribution in [-0.2, 0) is 6.42 Å². The minimum absolute atomic E-state index is 0.0317. The van der Waals surface area contributed by atoms with Gasteiger partial charge in [-0.25, -0.2) is 0 Å². The first-order chi connectivity index (χ1) is 11.0. The van der Waals surface area contributed by atoms with Crippen LogP contribution >= 0.6 is 0 Å². The van der Waals surface area contributed by atoms with Gasteiger partial charge in [-0.05, 0) is 57.0 Å². The minimum Gasteiger partial charge on any atom is -0.494 e. The Balaban J connectivity index is 2.24. The number of nitrogens with one attached hydrogen (secondary N) is 2. The molecule has 0 aliphatic rings. The number of hydrogen-bond donors (Lipinski definition) is 2. The number of hydrogen-bond acceptors (Lipinski definition) is 3. The zero-order chi connectivity index (χ0) is 17.0. The zero-order valence-electron chi connectivity index (χ0n) is 13.9. The van der Waals surface area contributed by atoms with E-state index in [9.17, 15) is 9.59 Å². The highest BCUT2D eigenvalue weighted by atomic mass is 16.5. The van der Waals surface area contributed by atoms with E-state index >= 15 is 0 Å². The van der Waals surface area contributed by atoms with E-state index in [1.54, 1.807) is 24.3 Å². The van der Waals surface area contributed by atoms with Crippen molar-refractivity contribution in [2.45, 2.75) is 34.1 Å². The van der Waals surface area contributed by atoms with Crippen molar-refractivity contribution in [1.29, 1.82) is 0 Å². The lowest BCUT2D eigenvalue weighted by molar-refractivity contribution is 0.101. The zero-order valence-corrected chi connectivity index (χ0v) is 13.9. The summed E-state index contributed by atoms with van der Waals surface area (Å²) in [4.78, 5) is 27.3. The minimum atomic E-state index is -0.249. The van der Waals surface area contributed by atoms with E-state index < -0.39 is 0 Å². The summed E-state index contributed by atoms with van der Waals surface area (Å²) < 4.78 is 5.38. The van der Waals surface area contributed by atoms with Gasteiger partial charge in [0, 0.05) is 16.9 Å². The first kappa shape index (κ1) is 16.8. The topological polar surface area (TPSA) is 71.2 Å². The number of ketones is 1. The molecule has 1 aromatic heterocycles. The third-order valence-electron chi connectivity index (χ3n) is 3.65. The fraction of sp³-hybridized carbons (Fsp3) is 0.333. The van der Waals surface area contributed by atoms with E-state index in [0.717, 1.165) is 17.0 Å². The van der Waals surface area contributed by atoms with Crippen LogP contribution in [0.1, 0.15) is 52.9 Å². The molecule has 0 bridgehead atoms. The Morgan fingerprint density at radius 2 is 1.83 bits per heavy atom. The second-order valence-electron chi connectivity index (χ2n) is 5.30. The quantitative estimate of drug-likeness (QED) is 0.798. The molecule has 0 atom stereocenters. The molecule has 2 rings (SSSR count). The Morgan fingerprint density at radius 3 is 2.35 bits per heavy atom. The lowest BCUT2D eigenvalue weighted by Crippen LogP contribution is -2.14. The molecular weight excluding hydrogens is 292 g/mol. The Kier molecular flexibility index (Phi) is 5.21. The predicted molar refractivity (Wildman–Crippen MR) is 90.5 cm³/mol. The SMILES string of the molecule is CCOc1ccc(NC(=O)c2[nH]c(C)c(C(C)=O)c2CC)cc1. The Bertz CT molecular complexity index is 715. The smallest absolute Gasteiger partial charge is 0.272 e. The van der Waals surface area contributed by atoms with Crippen LogP contribution in [-0.4, -0.2) is 23.3 Å². The molecule has 0 spiro atoms. The highest BCUT2D eigenvalue weighted by Gasteiger charge is 2.21. The molecule has 1 aromatic carbocycles. The van der Waals surface area contributed by atoms with Crippen LogP contribution in [0.3, 0.4) is 0 Å². The highest BCUT2D eigenvalue weighted by molar-refractivity contribution is 6.07. The average Bonchev–Trinajstić information content (AvgIpc) is 2.86. The van der Waals surface area contributed by atoms with Gasteiger partial charge < -0.3 is 15.0 Å². The van der Waals surface area contributed by atoms with Crippen LogP contribution in [0.15, 0.2) is 24.3 Å². The van der Waals surface area contributed by atoms with Crippen molar-refractivity contribution in [2.75, 3.05) is 11.9 Å². The van der Waals surface area contributed by atoms with Crippen LogP contribution in [0.25, 0.3) is 0 Å². The van der Waals surface area contributed by atoms with Crippen molar-refractivity contribution in [2.24, 2.45) is 0 Å². The van der Waals surface area contributed by atoms with Gasteiger partial charge in [0.05, 0.1) is 6.61 Å². The molecule has 0 aliphatic carbocycles. The van der Waals surface area contributed by atoms with Gasteiger partial charge in [-0.2, -0.15) is 0 Å². The molecule has 1 heterocycles. The number of carbonyl (C=O) groups excluding carboxylic acids is 2. The number of anilines is 1. The molecule has 0 saturated heterocycles. The van der Waals surface area contributed by atoms with Crippen LogP contribution < -0.4 is 10.1 Å². The molecule has 0 unspecified atom stereocenters. The fourth-order valence-corrected chi connectivity index (χ4v) is 2.70. The van der Waals surface area contributed by atoms with Gasteiger partial charge >= 0.3 is 0 Å². The third kappa shape index (κ3) is 3.62. The molecule has 0 radical (unpaired) electrons. The van der Waals surface area contributed by atoms with E-state index in [4.69, 9.17) is 4.74 Å². The van der Waals surface area contributed by atoms with E-state index in [0.29, 0.717) is 30.0 Å². The second kappa shape index (κ2) is 7.13. The van der Waals surface area contributed by atoms with Crippen molar-refractivity contribution < 1.29 is 14.3 Å². The fourth-order valence-electron chi connectivity index (χ4n) is 2.70. The molecule has 0 saturated carbocycles. The average molecular weight is 314 g/mol. The number of rotatable bonds is 6. The number of aryl methyl sites for hydroxylation is 1. The summed E-state index contributed by atoms with van der Waals surface area (Å²) in [6.07, 6.45) is 0.616. The lowest BCUT2D eigenvalue weighted by atomic mass is 10.0. The largest absolute Gasteiger partial charge is 0.494 e. The summed E-state index contributed by atoms with van der Waals surface area (Å²) in [5.74, 6) is 0.478. The van der Waals surface area contributed by atoms with Gasteiger partial charge in [0.1, 0.15) is 11.4 Å². The maximum Gasteiger partial charge on any atom is 0.272 e. The normalized spacial score (nSPS) is 10.4. The molecular formula is C18H22N2O3. The molecule has 0 fully saturated rings. The Morgan fingerprint density at radius 1 is 1.17 bits per heavy atom. The van der Waals surface area contributed by atoms with Gasteiger partial charge in [0.2, 0.25) is 0 Å². The number of aromatic amines is 1. The number of amides is 1. The van der Waals surface area contributed by atoms with Crippen molar-refractivity contribution in [1.82, 2.24) is 4.98 Å². The maximum absolute atomic E-state index is 12.5. The highest BCUT2D eigenvalue weighted by Crippen LogP contribution is 2.22. The summed E-state index contributed by atoms with van der Waals surface area (Å²) in [7, 11) is 0. The number of benzene rings is 1. The van der Waals surface area contributed by atoms with Crippen molar-refractivity contribution in [3.8, 4) is 5.75 Å². The van der Waals surface area contributed by atoms with Crippen molar-refractivity contribution in [3.63, 3.8) is 0 Å². The monoisotopic (exact) mass is 314 g/mol. The van der Waals surface area contributed by atoms with Crippen molar-refractivity contribution >= 4 is 17.4 Å². The van der Waals surface area contributed by atoms with Crippen molar-refractivity contribution in [3.05, 3.63) is 46.8 Å². The molecule has 23 heavy (non-hydrogen) atoms. The van der Waals surface area contributed by atoms with Crippen LogP contribution in [0.5, 0.6) is 5.75 Å². The molecule has 1 amide bonds. The van der Waals surface area contributed by atoms with E-state index in [-0.39, 0.29) is 11.7 Å². The van der Waals surface area contributed by atoms with Crippen LogP contribution in [0.4, 0.5) is 5.69 Å². The van der Waals surface area contributed by atoms with E-state index in [2.05, 4.69) is 10.3 Å². The van der Waals surface area contributed by atoms with Crippen LogP contribution in [0, 0.1) is 6.92 Å². The summed E-state index contributed by atoms with van der Waals surface area (Å²) in [5, 5.41) is 2.84. The summed E-state index contributed by atoms with van der Waals surface area (Å²) in [6, 6.07) is 7.19. The van der Waals surface area contributed by atoms with E-state index in [1.165, 1.54) is 6.92 Å². The number of aromatic nitrogens is 1. The summed E-state index contributed by atoms with van der Waals surface area (Å²) in [5.41, 5.74) is 3.23. The number of H-pyrrole nitrogens is 1. The Hall–Kier alpha value is -2.56. The molecule has 122 valence electrons. The maximum atomic E-state index is 12.5. The Labute approximate surface area is 136 Å². The number of carbonyl (C=O) groups is 2. The summed E-state index contributed by atoms with van der Waals surface area (Å²) >= 11 is 0. The van der Waals surface area contributed by atoms with E-state index in [1.807, 2.05) is 20.8 Å². The van der Waals surface area contributed by atoms with Gasteiger partial charge in [0.15, 0.2) is 5.78 Å².